The number of hydrogen-bond acceptors (Lipinski definition) is 5. The average molecular weight is 265 g/mol. The monoisotopic (exact) mass is 265 g/mol. The molecule has 0 saturated heterocycles. The van der Waals surface area contributed by atoms with E-state index in [-0.39, 0.29) is 12.0 Å². The van der Waals surface area contributed by atoms with Crippen LogP contribution in [0.4, 0.5) is 5.69 Å². The van der Waals surface area contributed by atoms with E-state index in [1.807, 2.05) is 25.1 Å². The first kappa shape index (κ1) is 13.5. The predicted octanol–water partition coefficient (Wildman–Crippen LogP) is 2.21. The molecular formula is C14H19NO4. The lowest BCUT2D eigenvalue weighted by atomic mass is 10.2. The summed E-state index contributed by atoms with van der Waals surface area (Å²) in [6.07, 6.45) is 1.53. The molecule has 104 valence electrons. The molecule has 1 atom stereocenters. The summed E-state index contributed by atoms with van der Waals surface area (Å²) in [5, 5.41) is 3.14. The number of benzene rings is 1. The molecule has 1 aromatic rings. The van der Waals surface area contributed by atoms with Crippen molar-refractivity contribution in [1.29, 1.82) is 0 Å². The lowest BCUT2D eigenvalue weighted by Gasteiger charge is -2.17. The molecule has 1 unspecified atom stereocenters. The third-order valence-electron chi connectivity index (χ3n) is 2.98. The molecule has 0 aromatic heterocycles. The van der Waals surface area contributed by atoms with Crippen molar-refractivity contribution < 1.29 is 19.0 Å². The third kappa shape index (κ3) is 3.30. The fraction of sp³-hybridized carbons (Fsp3) is 0.500. The van der Waals surface area contributed by atoms with Crippen LogP contribution in [0.15, 0.2) is 18.2 Å². The molecule has 0 amide bonds. The molecule has 0 saturated carbocycles. The number of anilines is 1. The van der Waals surface area contributed by atoms with Gasteiger partial charge in [-0.3, -0.25) is 0 Å². The molecular weight excluding hydrogens is 246 g/mol. The van der Waals surface area contributed by atoms with Crippen molar-refractivity contribution >= 4 is 11.7 Å². The van der Waals surface area contributed by atoms with Crippen LogP contribution >= 0.6 is 0 Å². The summed E-state index contributed by atoms with van der Waals surface area (Å²) in [5.41, 5.74) is 0.821. The van der Waals surface area contributed by atoms with Gasteiger partial charge in [-0.25, -0.2) is 4.79 Å². The van der Waals surface area contributed by atoms with Gasteiger partial charge in [-0.05, 0) is 18.6 Å². The Balaban J connectivity index is 2.12. The number of esters is 1. The van der Waals surface area contributed by atoms with Crippen molar-refractivity contribution in [1.82, 2.24) is 0 Å². The second kappa shape index (κ2) is 6.31. The molecule has 19 heavy (non-hydrogen) atoms. The molecule has 2 rings (SSSR count). The summed E-state index contributed by atoms with van der Waals surface area (Å²) >= 11 is 0. The minimum atomic E-state index is -0.352. The average Bonchev–Trinajstić information content (AvgIpc) is 2.68. The lowest BCUT2D eigenvalue weighted by Crippen LogP contribution is -2.29. The second-order valence-corrected chi connectivity index (χ2v) is 4.34. The molecule has 0 radical (unpaired) electrons. The highest BCUT2D eigenvalue weighted by molar-refractivity contribution is 5.79. The number of hydrogen-bond donors (Lipinski definition) is 1. The number of methoxy groups -OCH3 is 1. The van der Waals surface area contributed by atoms with Gasteiger partial charge in [0.1, 0.15) is 6.04 Å². The Morgan fingerprint density at radius 3 is 2.79 bits per heavy atom. The quantitative estimate of drug-likeness (QED) is 0.846. The maximum atomic E-state index is 11.6. The van der Waals surface area contributed by atoms with Crippen LogP contribution in [-0.4, -0.2) is 32.3 Å². The smallest absolute Gasteiger partial charge is 0.328 e. The highest BCUT2D eigenvalue weighted by atomic mass is 16.5. The van der Waals surface area contributed by atoms with Crippen LogP contribution in [0.2, 0.25) is 0 Å². The fourth-order valence-corrected chi connectivity index (χ4v) is 1.92. The van der Waals surface area contributed by atoms with Crippen LogP contribution in [0.5, 0.6) is 11.5 Å². The molecule has 5 heteroatoms. The number of ether oxygens (including phenoxy) is 3. The van der Waals surface area contributed by atoms with Crippen LogP contribution in [0.1, 0.15) is 19.8 Å². The topological polar surface area (TPSA) is 56.8 Å². The minimum Gasteiger partial charge on any atom is -0.490 e. The molecule has 0 spiro atoms. The Morgan fingerprint density at radius 2 is 2.11 bits per heavy atom. The summed E-state index contributed by atoms with van der Waals surface area (Å²) in [6, 6.07) is 5.23. The van der Waals surface area contributed by atoms with Crippen LogP contribution in [0.25, 0.3) is 0 Å². The van der Waals surface area contributed by atoms with E-state index in [1.165, 1.54) is 7.11 Å². The summed E-state index contributed by atoms with van der Waals surface area (Å²) in [6.45, 7) is 3.24. The van der Waals surface area contributed by atoms with Gasteiger partial charge in [0.05, 0.1) is 20.3 Å². The zero-order valence-electron chi connectivity index (χ0n) is 11.3. The van der Waals surface area contributed by atoms with Crippen LogP contribution in [0, 0.1) is 0 Å². The maximum Gasteiger partial charge on any atom is 0.328 e. The Bertz CT molecular complexity index is 447. The van der Waals surface area contributed by atoms with Crippen LogP contribution in [-0.2, 0) is 9.53 Å². The van der Waals surface area contributed by atoms with E-state index in [1.54, 1.807) is 0 Å². The van der Waals surface area contributed by atoms with Crippen molar-refractivity contribution in [2.75, 3.05) is 25.6 Å². The van der Waals surface area contributed by atoms with Gasteiger partial charge in [-0.2, -0.15) is 0 Å². The normalized spacial score (nSPS) is 15.3. The number of carbonyl (C=O) groups is 1. The van der Waals surface area contributed by atoms with Gasteiger partial charge in [0.25, 0.3) is 0 Å². The van der Waals surface area contributed by atoms with Crippen LogP contribution < -0.4 is 14.8 Å². The van der Waals surface area contributed by atoms with Gasteiger partial charge in [0, 0.05) is 18.2 Å². The molecule has 0 aliphatic carbocycles. The van der Waals surface area contributed by atoms with Crippen molar-refractivity contribution in [2.45, 2.75) is 25.8 Å². The van der Waals surface area contributed by atoms with E-state index in [0.717, 1.165) is 17.9 Å². The third-order valence-corrected chi connectivity index (χ3v) is 2.98. The van der Waals surface area contributed by atoms with Crippen molar-refractivity contribution in [2.24, 2.45) is 0 Å². The second-order valence-electron chi connectivity index (χ2n) is 4.34. The van der Waals surface area contributed by atoms with Gasteiger partial charge in [-0.15, -0.1) is 0 Å². The van der Waals surface area contributed by atoms with E-state index in [4.69, 9.17) is 14.2 Å². The van der Waals surface area contributed by atoms with Gasteiger partial charge in [-0.1, -0.05) is 6.92 Å². The molecule has 1 aromatic carbocycles. The molecule has 0 fully saturated rings. The minimum absolute atomic E-state index is 0.269. The van der Waals surface area contributed by atoms with Gasteiger partial charge in [0.2, 0.25) is 0 Å². The zero-order chi connectivity index (χ0) is 13.7. The molecule has 1 aliphatic heterocycles. The molecule has 0 bridgehead atoms. The van der Waals surface area contributed by atoms with Crippen molar-refractivity contribution in [3.05, 3.63) is 18.2 Å². The number of fused-ring (bicyclic) bond motifs is 1. The zero-order valence-corrected chi connectivity index (χ0v) is 11.3. The van der Waals surface area contributed by atoms with E-state index in [9.17, 15) is 4.79 Å². The van der Waals surface area contributed by atoms with E-state index >= 15 is 0 Å². The number of nitrogens with one attached hydrogen (secondary N) is 1. The molecule has 1 aliphatic rings. The van der Waals surface area contributed by atoms with Gasteiger partial charge < -0.3 is 19.5 Å². The summed E-state index contributed by atoms with van der Waals surface area (Å²) in [7, 11) is 1.39. The molecule has 1 heterocycles. The predicted molar refractivity (Wildman–Crippen MR) is 71.8 cm³/mol. The summed E-state index contributed by atoms with van der Waals surface area (Å²) in [4.78, 5) is 11.6. The first-order chi connectivity index (χ1) is 9.24. The summed E-state index contributed by atoms with van der Waals surface area (Å²) in [5.74, 6) is 1.19. The first-order valence-electron chi connectivity index (χ1n) is 6.48. The number of rotatable bonds is 4. The van der Waals surface area contributed by atoms with Crippen molar-refractivity contribution in [3.63, 3.8) is 0 Å². The fourth-order valence-electron chi connectivity index (χ4n) is 1.92. The standard InChI is InChI=1S/C14H19NO4/c1-3-11(14(16)17-2)15-10-5-6-12-13(9-10)19-8-4-7-18-12/h5-6,9,11,15H,3-4,7-8H2,1-2H3. The largest absolute Gasteiger partial charge is 0.490 e. The Kier molecular flexibility index (Phi) is 4.49. The van der Waals surface area contributed by atoms with Gasteiger partial charge >= 0.3 is 5.97 Å². The first-order valence-corrected chi connectivity index (χ1v) is 6.48. The van der Waals surface area contributed by atoms with Gasteiger partial charge in [0.15, 0.2) is 11.5 Å². The maximum absolute atomic E-state index is 11.6. The van der Waals surface area contributed by atoms with E-state index in [0.29, 0.717) is 25.4 Å². The molecule has 1 N–H and O–H groups in total. The highest BCUT2D eigenvalue weighted by Crippen LogP contribution is 2.32. The number of carbonyl (C=O) groups excluding carboxylic acids is 1. The van der Waals surface area contributed by atoms with E-state index < -0.39 is 0 Å². The highest BCUT2D eigenvalue weighted by Gasteiger charge is 2.18. The lowest BCUT2D eigenvalue weighted by molar-refractivity contribution is -0.141. The molecule has 5 nitrogen and oxygen atoms in total. The van der Waals surface area contributed by atoms with E-state index in [2.05, 4.69) is 5.32 Å². The Morgan fingerprint density at radius 1 is 1.37 bits per heavy atom. The summed E-state index contributed by atoms with van der Waals surface area (Å²) < 4.78 is 15.9. The Hall–Kier alpha value is -1.91. The van der Waals surface area contributed by atoms with Crippen LogP contribution in [0.3, 0.4) is 0 Å². The van der Waals surface area contributed by atoms with Crippen molar-refractivity contribution in [3.8, 4) is 11.5 Å². The Labute approximate surface area is 112 Å². The SMILES string of the molecule is CCC(Nc1ccc2c(c1)OCCCO2)C(=O)OC.